The molecule has 6 nitrogen and oxygen atoms in total. The van der Waals surface area contributed by atoms with E-state index in [1.54, 1.807) is 12.5 Å². The van der Waals surface area contributed by atoms with Crippen molar-refractivity contribution in [1.82, 2.24) is 24.8 Å². The molecule has 1 aliphatic carbocycles. The van der Waals surface area contributed by atoms with Crippen LogP contribution in [0.15, 0.2) is 42.0 Å². The quantitative estimate of drug-likeness (QED) is 0.666. The first-order valence-corrected chi connectivity index (χ1v) is 10.2. The van der Waals surface area contributed by atoms with Gasteiger partial charge >= 0.3 is 0 Å². The van der Waals surface area contributed by atoms with Gasteiger partial charge in [0.15, 0.2) is 5.96 Å². The van der Waals surface area contributed by atoms with Crippen molar-refractivity contribution in [2.45, 2.75) is 52.0 Å². The van der Waals surface area contributed by atoms with Crippen LogP contribution in [-0.4, -0.2) is 45.0 Å². The van der Waals surface area contributed by atoms with Crippen LogP contribution in [0.3, 0.4) is 0 Å². The lowest BCUT2D eigenvalue weighted by Gasteiger charge is -2.33. The van der Waals surface area contributed by atoms with Gasteiger partial charge in [-0.15, -0.1) is 0 Å². The number of guanidine groups is 1. The third-order valence-electron chi connectivity index (χ3n) is 5.98. The van der Waals surface area contributed by atoms with Crippen LogP contribution in [0.25, 0.3) is 5.82 Å². The molecule has 0 atom stereocenters. The molecule has 2 fully saturated rings. The molecule has 4 rings (SSSR count). The average Bonchev–Trinajstić information content (AvgIpc) is 3.37. The Morgan fingerprint density at radius 1 is 1.22 bits per heavy atom. The van der Waals surface area contributed by atoms with E-state index in [1.807, 2.05) is 23.0 Å². The van der Waals surface area contributed by atoms with Crippen LogP contribution >= 0.6 is 0 Å². The van der Waals surface area contributed by atoms with Gasteiger partial charge in [-0.1, -0.05) is 25.3 Å². The highest BCUT2D eigenvalue weighted by Crippen LogP contribution is 2.43. The van der Waals surface area contributed by atoms with Gasteiger partial charge in [0.1, 0.15) is 12.1 Å². The van der Waals surface area contributed by atoms with Crippen LogP contribution in [-0.2, 0) is 6.54 Å². The van der Waals surface area contributed by atoms with Gasteiger partial charge in [-0.05, 0) is 43.2 Å². The summed E-state index contributed by atoms with van der Waals surface area (Å²) in [6.45, 7) is 5.99. The summed E-state index contributed by atoms with van der Waals surface area (Å²) in [6, 6.07) is 4.12. The van der Waals surface area contributed by atoms with E-state index in [9.17, 15) is 0 Å². The minimum Gasteiger partial charge on any atom is -0.357 e. The first kappa shape index (κ1) is 18.0. The molecule has 0 amide bonds. The molecule has 0 unspecified atom stereocenters. The summed E-state index contributed by atoms with van der Waals surface area (Å²) in [5, 5.41) is 3.49. The number of likely N-dealkylation sites (tertiary alicyclic amines) is 1. The summed E-state index contributed by atoms with van der Waals surface area (Å²) in [5.74, 6) is 1.93. The number of aromatic nitrogens is 3. The summed E-state index contributed by atoms with van der Waals surface area (Å²) in [7, 11) is 0. The fourth-order valence-corrected chi connectivity index (χ4v) is 4.48. The molecule has 2 aromatic rings. The molecule has 2 aromatic heterocycles. The summed E-state index contributed by atoms with van der Waals surface area (Å²) >= 11 is 0. The standard InChI is InChI=1S/C21H30N6/c1-2-23-20(26-12-10-21(16-26)8-4-3-5-9-21)25-15-18-6-7-19(24-14-18)27-13-11-22-17-27/h6-7,11,13-14,17H,2-5,8-10,12,15-16H2,1H3,(H,23,25). The maximum Gasteiger partial charge on any atom is 0.194 e. The Morgan fingerprint density at radius 3 is 2.81 bits per heavy atom. The monoisotopic (exact) mass is 366 g/mol. The van der Waals surface area contributed by atoms with Gasteiger partial charge in [0.05, 0.1) is 6.54 Å². The molecule has 0 bridgehead atoms. The molecule has 1 spiro atoms. The maximum atomic E-state index is 4.91. The van der Waals surface area contributed by atoms with Crippen LogP contribution in [0.2, 0.25) is 0 Å². The molecule has 6 heteroatoms. The second-order valence-corrected chi connectivity index (χ2v) is 7.90. The maximum absolute atomic E-state index is 4.91. The van der Waals surface area contributed by atoms with Gasteiger partial charge < -0.3 is 10.2 Å². The van der Waals surface area contributed by atoms with E-state index in [4.69, 9.17) is 4.99 Å². The van der Waals surface area contributed by atoms with Crippen molar-refractivity contribution in [3.8, 4) is 5.82 Å². The third kappa shape index (κ3) is 4.15. The van der Waals surface area contributed by atoms with Gasteiger partial charge in [-0.25, -0.2) is 15.0 Å². The van der Waals surface area contributed by atoms with Crippen molar-refractivity contribution in [3.63, 3.8) is 0 Å². The molecule has 0 aromatic carbocycles. The number of nitrogens with one attached hydrogen (secondary N) is 1. The zero-order chi connectivity index (χ0) is 18.5. The topological polar surface area (TPSA) is 58.3 Å². The number of aliphatic imine (C=N–C) groups is 1. The Balaban J connectivity index is 1.42. The summed E-state index contributed by atoms with van der Waals surface area (Å²) in [4.78, 5) is 16.0. The lowest BCUT2D eigenvalue weighted by Crippen LogP contribution is -2.41. The summed E-state index contributed by atoms with van der Waals surface area (Å²) < 4.78 is 1.91. The van der Waals surface area contributed by atoms with E-state index in [0.717, 1.165) is 37.0 Å². The van der Waals surface area contributed by atoms with Gasteiger partial charge in [0.2, 0.25) is 0 Å². The summed E-state index contributed by atoms with van der Waals surface area (Å²) in [6.07, 6.45) is 15.6. The predicted molar refractivity (Wildman–Crippen MR) is 108 cm³/mol. The highest BCUT2D eigenvalue weighted by atomic mass is 15.3. The van der Waals surface area contributed by atoms with E-state index in [0.29, 0.717) is 12.0 Å². The normalized spacial score (nSPS) is 19.6. The molecule has 0 radical (unpaired) electrons. The minimum atomic E-state index is 0.544. The molecule has 27 heavy (non-hydrogen) atoms. The number of hydrogen-bond acceptors (Lipinski definition) is 3. The Morgan fingerprint density at radius 2 is 2.11 bits per heavy atom. The average molecular weight is 367 g/mol. The van der Waals surface area contributed by atoms with Crippen molar-refractivity contribution in [2.24, 2.45) is 10.4 Å². The van der Waals surface area contributed by atoms with Gasteiger partial charge in [-0.3, -0.25) is 4.57 Å². The largest absolute Gasteiger partial charge is 0.357 e. The number of nitrogens with zero attached hydrogens (tertiary/aromatic N) is 5. The lowest BCUT2D eigenvalue weighted by atomic mass is 9.73. The van der Waals surface area contributed by atoms with Crippen LogP contribution in [0.4, 0.5) is 0 Å². The lowest BCUT2D eigenvalue weighted by molar-refractivity contribution is 0.203. The van der Waals surface area contributed by atoms with Crippen molar-refractivity contribution < 1.29 is 0 Å². The fourth-order valence-electron chi connectivity index (χ4n) is 4.48. The molecule has 3 heterocycles. The van der Waals surface area contributed by atoms with Gasteiger partial charge in [-0.2, -0.15) is 0 Å². The Labute approximate surface area is 161 Å². The summed E-state index contributed by atoms with van der Waals surface area (Å²) in [5.41, 5.74) is 1.67. The zero-order valence-corrected chi connectivity index (χ0v) is 16.3. The number of rotatable bonds is 4. The van der Waals surface area contributed by atoms with Crippen LogP contribution in [0, 0.1) is 5.41 Å². The molecule has 1 aliphatic heterocycles. The fraction of sp³-hybridized carbons (Fsp3) is 0.571. The van der Waals surface area contributed by atoms with Crippen molar-refractivity contribution >= 4 is 5.96 Å². The SMILES string of the molecule is CCNC(=NCc1ccc(-n2ccnc2)nc1)N1CCC2(CCCCC2)C1. The molecule has 1 saturated heterocycles. The van der Waals surface area contributed by atoms with Crippen LogP contribution < -0.4 is 5.32 Å². The Hall–Kier alpha value is -2.37. The van der Waals surface area contributed by atoms with E-state index >= 15 is 0 Å². The van der Waals surface area contributed by atoms with E-state index in [1.165, 1.54) is 38.5 Å². The second kappa shape index (κ2) is 8.11. The van der Waals surface area contributed by atoms with Gasteiger partial charge in [0, 0.05) is 38.2 Å². The predicted octanol–water partition coefficient (Wildman–Crippen LogP) is 3.39. The minimum absolute atomic E-state index is 0.544. The molecular formula is C21H30N6. The highest BCUT2D eigenvalue weighted by Gasteiger charge is 2.39. The van der Waals surface area contributed by atoms with Gasteiger partial charge in [0.25, 0.3) is 0 Å². The van der Waals surface area contributed by atoms with E-state index < -0.39 is 0 Å². The second-order valence-electron chi connectivity index (χ2n) is 7.90. The Kier molecular flexibility index (Phi) is 5.41. The first-order valence-electron chi connectivity index (χ1n) is 10.2. The molecular weight excluding hydrogens is 336 g/mol. The van der Waals surface area contributed by atoms with Crippen LogP contribution in [0.1, 0.15) is 51.0 Å². The number of imidazole rings is 1. The molecule has 144 valence electrons. The van der Waals surface area contributed by atoms with E-state index in [-0.39, 0.29) is 0 Å². The molecule has 2 aliphatic rings. The van der Waals surface area contributed by atoms with E-state index in [2.05, 4.69) is 33.2 Å². The molecule has 1 saturated carbocycles. The van der Waals surface area contributed by atoms with Crippen LogP contribution in [0.5, 0.6) is 0 Å². The highest BCUT2D eigenvalue weighted by molar-refractivity contribution is 5.80. The zero-order valence-electron chi connectivity index (χ0n) is 16.3. The van der Waals surface area contributed by atoms with Crippen molar-refractivity contribution in [2.75, 3.05) is 19.6 Å². The third-order valence-corrected chi connectivity index (χ3v) is 5.98. The smallest absolute Gasteiger partial charge is 0.194 e. The molecule has 1 N–H and O–H groups in total. The Bertz CT molecular complexity index is 743. The number of pyridine rings is 1. The van der Waals surface area contributed by atoms with Crippen molar-refractivity contribution in [3.05, 3.63) is 42.6 Å². The number of hydrogen-bond donors (Lipinski definition) is 1. The first-order chi connectivity index (χ1) is 13.3. The van der Waals surface area contributed by atoms with Crippen molar-refractivity contribution in [1.29, 1.82) is 0 Å².